The van der Waals surface area contributed by atoms with Crippen molar-refractivity contribution in [2.45, 2.75) is 0 Å². The van der Waals surface area contributed by atoms with E-state index in [1.807, 2.05) is 0 Å². The molecule has 4 heteroatoms. The molecule has 0 bridgehead atoms. The molecule has 0 spiro atoms. The summed E-state index contributed by atoms with van der Waals surface area (Å²) in [6.45, 7) is 0. The Labute approximate surface area is 69.3 Å². The van der Waals surface area contributed by atoms with E-state index >= 15 is 0 Å². The van der Waals surface area contributed by atoms with Crippen LogP contribution in [0.3, 0.4) is 0 Å². The second-order valence-electron chi connectivity index (χ2n) is 0. The van der Waals surface area contributed by atoms with Crippen molar-refractivity contribution < 1.29 is 0 Å². The van der Waals surface area contributed by atoms with Crippen LogP contribution in [0.2, 0.25) is 0 Å². The Bertz CT molecular complexity index is 6.00. The van der Waals surface area contributed by atoms with Crippen LogP contribution in [0, 0.1) is 0 Å². The number of hydrogen-bond acceptors (Lipinski definition) is 0. The minimum Gasteiger partial charge on any atom is -3.00 e. The first-order valence-electron chi connectivity index (χ1n) is 0. The van der Waals surface area contributed by atoms with Crippen molar-refractivity contribution >= 4 is 70.1 Å². The zero-order valence-electron chi connectivity index (χ0n) is 1.92. The maximum atomic E-state index is 0. The summed E-state index contributed by atoms with van der Waals surface area (Å²) < 4.78 is 0. The van der Waals surface area contributed by atoms with Gasteiger partial charge in [0.1, 0.15) is 0 Å². The molecule has 0 atom stereocenters. The molecule has 2 radical (unpaired) electrons. The fourth-order valence-electron chi connectivity index (χ4n) is 0. The Morgan fingerprint density at radius 1 is 0.750 bits per heavy atom. The van der Waals surface area contributed by atoms with Crippen molar-refractivity contribution in [2.24, 2.45) is 0 Å². The minimum atomic E-state index is 0. The maximum absolute atomic E-state index is 0. The van der Waals surface area contributed by atoms with Crippen LogP contribution in [-0.2, 0) is 0 Å². The summed E-state index contributed by atoms with van der Waals surface area (Å²) in [5, 5.41) is 0. The molecule has 0 aromatic rings. The molecule has 0 aromatic carbocycles. The Morgan fingerprint density at radius 3 is 0.750 bits per heavy atom. The second kappa shape index (κ2) is 17.7. The van der Waals surface area contributed by atoms with Crippen molar-refractivity contribution in [1.29, 1.82) is 0 Å². The van der Waals surface area contributed by atoms with Gasteiger partial charge in [-0.1, -0.05) is 0 Å². The van der Waals surface area contributed by atoms with Crippen LogP contribution in [0.5, 0.6) is 0 Å². The third kappa shape index (κ3) is 8.82. The first-order chi connectivity index (χ1) is 0. The Hall–Kier alpha value is 2.55. The van der Waals surface area contributed by atoms with Crippen LogP contribution in [-0.4, -0.2) is 50.3 Å². The van der Waals surface area contributed by atoms with Crippen molar-refractivity contribution in [1.82, 2.24) is 0 Å². The molecule has 0 amide bonds. The topological polar surface area (TPSA) is 0 Å². The molecule has 0 N–H and O–H groups in total. The molecule has 0 rings (SSSR count). The molecule has 0 saturated heterocycles. The summed E-state index contributed by atoms with van der Waals surface area (Å²) >= 11 is 0. The zero-order chi connectivity index (χ0) is 0. The molecule has 0 aliphatic rings. The third-order valence-electron chi connectivity index (χ3n) is 0. The van der Waals surface area contributed by atoms with E-state index in [-0.39, 0.29) is 70.1 Å². The molecule has 0 heterocycles. The number of rotatable bonds is 0. The SMILES string of the molecule is [In+3].[P-3].[P-3].[Sb+3]. The molecule has 0 aliphatic carbocycles. The van der Waals surface area contributed by atoms with Crippen LogP contribution in [0.15, 0.2) is 0 Å². The molecule has 18 valence electrons. The van der Waals surface area contributed by atoms with E-state index in [1.165, 1.54) is 0 Å². The van der Waals surface area contributed by atoms with Crippen molar-refractivity contribution in [3.05, 3.63) is 0 Å². The van der Waals surface area contributed by atoms with Crippen molar-refractivity contribution in [3.63, 3.8) is 0 Å². The van der Waals surface area contributed by atoms with Gasteiger partial charge in [0, 0.05) is 0 Å². The van der Waals surface area contributed by atoms with E-state index in [0.29, 0.717) is 0 Å². The Balaban J connectivity index is 0. The van der Waals surface area contributed by atoms with Crippen LogP contribution in [0.25, 0.3) is 0 Å². The van der Waals surface area contributed by atoms with Gasteiger partial charge in [-0.25, -0.2) is 0 Å². The first-order valence-corrected chi connectivity index (χ1v) is 0. The smallest absolute Gasteiger partial charge is 3.00 e. The second-order valence-corrected chi connectivity index (χ2v) is 0. The standard InChI is InChI=1S/In.2P.Sb/q+3;2*-3;+3. The largest absolute Gasteiger partial charge is 3.00 e. The van der Waals surface area contributed by atoms with E-state index in [9.17, 15) is 0 Å². The van der Waals surface area contributed by atoms with E-state index in [0.717, 1.165) is 0 Å². The predicted octanol–water partition coefficient (Wildman–Crippen LogP) is 0.961. The van der Waals surface area contributed by atoms with Gasteiger partial charge in [-0.3, -0.25) is 0 Å². The van der Waals surface area contributed by atoms with Crippen LogP contribution in [0.1, 0.15) is 0 Å². The van der Waals surface area contributed by atoms with E-state index in [1.54, 1.807) is 0 Å². The van der Waals surface area contributed by atoms with Crippen molar-refractivity contribution in [2.75, 3.05) is 0 Å². The average molecular weight is 299 g/mol. The summed E-state index contributed by atoms with van der Waals surface area (Å²) in [6.07, 6.45) is 0. The normalized spacial score (nSPS) is 0. The van der Waals surface area contributed by atoms with Gasteiger partial charge in [0.25, 0.3) is 0 Å². The summed E-state index contributed by atoms with van der Waals surface area (Å²) in [4.78, 5) is 0. The molecule has 0 aromatic heterocycles. The van der Waals surface area contributed by atoms with Gasteiger partial charge in [0.2, 0.25) is 0 Å². The predicted molar refractivity (Wildman–Crippen MR) is 25.3 cm³/mol. The Kier molecular flexibility index (Phi) is 137. The molecule has 0 saturated carbocycles. The van der Waals surface area contributed by atoms with E-state index in [2.05, 4.69) is 0 Å². The van der Waals surface area contributed by atoms with Gasteiger partial charge in [0.15, 0.2) is 0 Å². The fraction of sp³-hybridized carbons (Fsp3) is 0. The monoisotopic (exact) mass is 298 g/mol. The summed E-state index contributed by atoms with van der Waals surface area (Å²) in [5.74, 6) is 0. The van der Waals surface area contributed by atoms with Gasteiger partial charge in [-0.05, 0) is 0 Å². The summed E-state index contributed by atoms with van der Waals surface area (Å²) in [5.41, 5.74) is 0. The van der Waals surface area contributed by atoms with Gasteiger partial charge in [-0.15, -0.1) is 0 Å². The molecule has 0 aliphatic heterocycles. The van der Waals surface area contributed by atoms with Gasteiger partial charge < -0.3 is 19.8 Å². The summed E-state index contributed by atoms with van der Waals surface area (Å²) in [6, 6.07) is 0. The average Bonchev–Trinajstić information content (AvgIpc) is 0. The third-order valence-corrected chi connectivity index (χ3v) is 0. The van der Waals surface area contributed by atoms with Crippen LogP contribution >= 0.6 is 19.8 Å². The van der Waals surface area contributed by atoms with Crippen molar-refractivity contribution in [3.8, 4) is 0 Å². The molecule has 0 fully saturated rings. The summed E-state index contributed by atoms with van der Waals surface area (Å²) in [7, 11) is 0. The molecular weight excluding hydrogens is 299 g/mol. The van der Waals surface area contributed by atoms with Gasteiger partial charge >= 0.3 is 50.3 Å². The molecular formula is InP2Sb. The van der Waals surface area contributed by atoms with E-state index < -0.39 is 0 Å². The fourth-order valence-corrected chi connectivity index (χ4v) is 0. The first kappa shape index (κ1) is 31.0. The molecule has 0 unspecified atom stereocenters. The molecule has 0 nitrogen and oxygen atoms in total. The zero-order valence-corrected chi connectivity index (χ0v) is 9.56. The molecule has 4 heavy (non-hydrogen) atoms. The van der Waals surface area contributed by atoms with Gasteiger partial charge in [0.05, 0.1) is 0 Å². The number of hydrogen-bond donors (Lipinski definition) is 0. The quantitative estimate of drug-likeness (QED) is 0.462. The maximum Gasteiger partial charge on any atom is 3.00 e. The Morgan fingerprint density at radius 2 is 0.750 bits per heavy atom. The van der Waals surface area contributed by atoms with Gasteiger partial charge in [-0.2, -0.15) is 0 Å². The van der Waals surface area contributed by atoms with Crippen LogP contribution in [0.4, 0.5) is 0 Å². The van der Waals surface area contributed by atoms with Crippen LogP contribution < -0.4 is 0 Å². The minimum absolute atomic E-state index is 0. The van der Waals surface area contributed by atoms with E-state index in [4.69, 9.17) is 0 Å².